The van der Waals surface area contributed by atoms with Crippen LogP contribution < -0.4 is 0 Å². The van der Waals surface area contributed by atoms with Gasteiger partial charge in [0.15, 0.2) is 8.32 Å². The molecule has 0 N–H and O–H groups in total. The fourth-order valence-electron chi connectivity index (χ4n) is 4.65. The van der Waals surface area contributed by atoms with E-state index in [-0.39, 0.29) is 47.0 Å². The number of halogens is 1. The Bertz CT molecular complexity index is 1020. The van der Waals surface area contributed by atoms with Gasteiger partial charge >= 0.3 is 5.97 Å². The van der Waals surface area contributed by atoms with Crippen molar-refractivity contribution in [2.75, 3.05) is 6.61 Å². The monoisotopic (exact) mass is 549 g/mol. The maximum absolute atomic E-state index is 13.5. The normalized spacial score (nSPS) is 22.9. The Morgan fingerprint density at radius 1 is 1.14 bits per heavy atom. The van der Waals surface area contributed by atoms with Crippen LogP contribution in [0.3, 0.4) is 0 Å². The summed E-state index contributed by atoms with van der Waals surface area (Å²) in [6.07, 6.45) is 2.66. The van der Waals surface area contributed by atoms with Crippen LogP contribution in [-0.2, 0) is 18.7 Å². The molecule has 1 heterocycles. The van der Waals surface area contributed by atoms with Gasteiger partial charge in [-0.15, -0.1) is 11.3 Å². The number of hydrogen-bond donors (Lipinski definition) is 0. The first kappa shape index (κ1) is 29.9. The first-order valence-electron chi connectivity index (χ1n) is 13.6. The molecule has 0 amide bonds. The first-order chi connectivity index (χ1) is 17.4. The molecular formula is C29H44FNO4SSi. The fourth-order valence-corrected chi connectivity index (χ4v) is 6.98. The largest absolute Gasteiger partial charge is 0.466 e. The van der Waals surface area contributed by atoms with Crippen molar-refractivity contribution in [2.24, 2.45) is 5.92 Å². The first-order valence-corrected chi connectivity index (χ1v) is 17.4. The summed E-state index contributed by atoms with van der Waals surface area (Å²) in [7, 11) is -2.17. The molecule has 1 aliphatic carbocycles. The molecular weight excluding hydrogens is 505 g/mol. The lowest BCUT2D eigenvalue weighted by atomic mass is 9.77. The van der Waals surface area contributed by atoms with E-state index in [0.717, 1.165) is 29.1 Å². The van der Waals surface area contributed by atoms with Gasteiger partial charge in [0.2, 0.25) is 0 Å². The van der Waals surface area contributed by atoms with Gasteiger partial charge in [-0.05, 0) is 75.0 Å². The Morgan fingerprint density at radius 2 is 1.78 bits per heavy atom. The number of hydrogen-bond acceptors (Lipinski definition) is 6. The van der Waals surface area contributed by atoms with Crippen LogP contribution in [-0.4, -0.2) is 44.2 Å². The summed E-state index contributed by atoms with van der Waals surface area (Å²) in [6, 6.07) is 6.40. The number of carbonyl (C=O) groups excluding carboxylic acids is 1. The Morgan fingerprint density at radius 3 is 2.35 bits per heavy atom. The minimum atomic E-state index is -2.17. The van der Waals surface area contributed by atoms with Crippen LogP contribution in [0, 0.1) is 11.7 Å². The van der Waals surface area contributed by atoms with E-state index in [9.17, 15) is 9.18 Å². The van der Waals surface area contributed by atoms with E-state index >= 15 is 0 Å². The van der Waals surface area contributed by atoms with Gasteiger partial charge in [-0.3, -0.25) is 4.79 Å². The molecule has 1 fully saturated rings. The average Bonchev–Trinajstić information content (AvgIpc) is 3.33. The van der Waals surface area contributed by atoms with Crippen molar-refractivity contribution in [2.45, 2.75) is 110 Å². The van der Waals surface area contributed by atoms with Gasteiger partial charge in [0.1, 0.15) is 5.82 Å². The summed E-state index contributed by atoms with van der Waals surface area (Å²) in [4.78, 5) is 18.0. The number of rotatable bonds is 10. The Kier molecular flexibility index (Phi) is 10.1. The van der Waals surface area contributed by atoms with Crippen molar-refractivity contribution >= 4 is 25.6 Å². The second kappa shape index (κ2) is 12.5. The molecule has 4 atom stereocenters. The van der Waals surface area contributed by atoms with Gasteiger partial charge in [-0.25, -0.2) is 9.37 Å². The Labute approximate surface area is 227 Å². The zero-order valence-corrected chi connectivity index (χ0v) is 25.5. The molecule has 0 bridgehead atoms. The van der Waals surface area contributed by atoms with Crippen molar-refractivity contribution in [3.63, 3.8) is 0 Å². The predicted molar refractivity (Wildman–Crippen MR) is 151 cm³/mol. The molecule has 5 nitrogen and oxygen atoms in total. The van der Waals surface area contributed by atoms with Crippen molar-refractivity contribution < 1.29 is 23.1 Å². The van der Waals surface area contributed by atoms with E-state index in [4.69, 9.17) is 18.9 Å². The highest BCUT2D eigenvalue weighted by molar-refractivity contribution is 7.10. The number of thiazole rings is 1. The van der Waals surface area contributed by atoms with E-state index in [0.29, 0.717) is 19.4 Å². The summed E-state index contributed by atoms with van der Waals surface area (Å²) in [6.45, 7) is 17.7. The van der Waals surface area contributed by atoms with Crippen molar-refractivity contribution in [1.29, 1.82) is 0 Å². The number of ether oxygens (including phenoxy) is 2. The Balaban J connectivity index is 2.04. The molecule has 0 spiro atoms. The molecule has 1 aliphatic rings. The second-order valence-electron chi connectivity index (χ2n) is 11.6. The fraction of sp³-hybridized carbons (Fsp3) is 0.655. The standard InChI is InChI=1S/C29H44FNO4SSi/c1-9-22(10-2)34-25-17-20(28(32)33-11-3)16-23(26(25)35-37(7,8)29(4,5)6)27-31-24(18-36-27)19-12-14-21(30)15-13-19/h12-15,18,20,22-23,25-26H,9-11,16-17H2,1-8H3/t20-,23-,25-,26+/m1/s1. The topological polar surface area (TPSA) is 57.7 Å². The van der Waals surface area contributed by atoms with Crippen LogP contribution in [0.2, 0.25) is 18.1 Å². The minimum Gasteiger partial charge on any atom is -0.466 e. The van der Waals surface area contributed by atoms with Gasteiger partial charge in [0.25, 0.3) is 0 Å². The summed E-state index contributed by atoms with van der Waals surface area (Å²) >= 11 is 1.57. The summed E-state index contributed by atoms with van der Waals surface area (Å²) in [5, 5.41) is 2.96. The quantitative estimate of drug-likeness (QED) is 0.222. The maximum atomic E-state index is 13.5. The van der Waals surface area contributed by atoms with Crippen LogP contribution in [0.25, 0.3) is 11.3 Å². The summed E-state index contributed by atoms with van der Waals surface area (Å²) in [5.74, 6) is -0.822. The third-order valence-corrected chi connectivity index (χ3v) is 13.4. The van der Waals surface area contributed by atoms with Crippen molar-refractivity contribution in [3.05, 3.63) is 40.5 Å². The third kappa shape index (κ3) is 7.28. The molecule has 0 aliphatic heterocycles. The molecule has 2 aromatic rings. The molecule has 0 saturated heterocycles. The van der Waals surface area contributed by atoms with E-state index in [1.807, 2.05) is 12.3 Å². The number of aromatic nitrogens is 1. The molecule has 206 valence electrons. The van der Waals surface area contributed by atoms with Crippen LogP contribution in [0.4, 0.5) is 4.39 Å². The van der Waals surface area contributed by atoms with Gasteiger partial charge in [0, 0.05) is 16.9 Å². The van der Waals surface area contributed by atoms with Gasteiger partial charge in [0.05, 0.1) is 41.5 Å². The maximum Gasteiger partial charge on any atom is 0.309 e. The van der Waals surface area contributed by atoms with Crippen LogP contribution >= 0.6 is 11.3 Å². The number of benzene rings is 1. The molecule has 37 heavy (non-hydrogen) atoms. The van der Waals surface area contributed by atoms with Gasteiger partial charge in [-0.1, -0.05) is 34.6 Å². The summed E-state index contributed by atoms with van der Waals surface area (Å²) in [5.41, 5.74) is 1.68. The molecule has 1 aromatic heterocycles. The SMILES string of the molecule is CCOC(=O)[C@H]1C[C@@H](OC(CC)CC)[C@@H](O[Si](C)(C)C(C)(C)C)[C@H](c2nc(-c3ccc(F)cc3)cs2)C1. The summed E-state index contributed by atoms with van der Waals surface area (Å²) < 4.78 is 32.8. The lowest BCUT2D eigenvalue weighted by Crippen LogP contribution is -2.53. The molecule has 0 unspecified atom stereocenters. The molecule has 0 radical (unpaired) electrons. The second-order valence-corrected chi connectivity index (χ2v) is 17.2. The number of carbonyl (C=O) groups is 1. The third-order valence-electron chi connectivity index (χ3n) is 7.93. The lowest BCUT2D eigenvalue weighted by molar-refractivity contribution is -0.158. The van der Waals surface area contributed by atoms with Crippen LogP contribution in [0.15, 0.2) is 29.6 Å². The lowest BCUT2D eigenvalue weighted by Gasteiger charge is -2.47. The zero-order chi connectivity index (χ0) is 27.4. The highest BCUT2D eigenvalue weighted by Gasteiger charge is 2.49. The van der Waals surface area contributed by atoms with Gasteiger partial charge in [-0.2, -0.15) is 0 Å². The van der Waals surface area contributed by atoms with E-state index in [1.54, 1.807) is 23.5 Å². The smallest absolute Gasteiger partial charge is 0.309 e. The van der Waals surface area contributed by atoms with E-state index < -0.39 is 8.32 Å². The van der Waals surface area contributed by atoms with E-state index in [1.165, 1.54) is 12.1 Å². The highest BCUT2D eigenvalue weighted by Crippen LogP contribution is 2.46. The number of esters is 1. The molecule has 1 saturated carbocycles. The Hall–Kier alpha value is -1.61. The minimum absolute atomic E-state index is 0.0250. The van der Waals surface area contributed by atoms with E-state index in [2.05, 4.69) is 47.7 Å². The number of nitrogens with zero attached hydrogens (tertiary/aromatic N) is 1. The average molecular weight is 550 g/mol. The zero-order valence-electron chi connectivity index (χ0n) is 23.7. The molecule has 8 heteroatoms. The van der Waals surface area contributed by atoms with Crippen LogP contribution in [0.1, 0.15) is 78.2 Å². The van der Waals surface area contributed by atoms with Crippen molar-refractivity contribution in [1.82, 2.24) is 4.98 Å². The highest BCUT2D eigenvalue weighted by atomic mass is 32.1. The van der Waals surface area contributed by atoms with Gasteiger partial charge < -0.3 is 13.9 Å². The molecule has 1 aromatic carbocycles. The predicted octanol–water partition coefficient (Wildman–Crippen LogP) is 7.97. The molecule has 3 rings (SSSR count). The van der Waals surface area contributed by atoms with Crippen LogP contribution in [0.5, 0.6) is 0 Å². The van der Waals surface area contributed by atoms with Crippen molar-refractivity contribution in [3.8, 4) is 11.3 Å².